The van der Waals surface area contributed by atoms with Crippen LogP contribution in [0.1, 0.15) is 31.7 Å². The summed E-state index contributed by atoms with van der Waals surface area (Å²) in [6, 6.07) is 7.67. The van der Waals surface area contributed by atoms with Crippen molar-refractivity contribution >= 4 is 23.3 Å². The second-order valence-corrected chi connectivity index (χ2v) is 6.01. The molecule has 0 radical (unpaired) electrons. The summed E-state index contributed by atoms with van der Waals surface area (Å²) in [5, 5.41) is 4.08. The predicted molar refractivity (Wildman–Crippen MR) is 83.5 cm³/mol. The molecule has 1 N–H and O–H groups in total. The highest BCUT2D eigenvalue weighted by Gasteiger charge is 2.25. The highest BCUT2D eigenvalue weighted by Crippen LogP contribution is 2.20. The summed E-state index contributed by atoms with van der Waals surface area (Å²) in [7, 11) is 0. The molecule has 1 aliphatic rings. The van der Waals surface area contributed by atoms with Gasteiger partial charge in [0.05, 0.1) is 5.92 Å². The minimum absolute atomic E-state index is 0.111. The minimum Gasteiger partial charge on any atom is -0.341 e. The van der Waals surface area contributed by atoms with Gasteiger partial charge in [0, 0.05) is 37.6 Å². The molecule has 1 aromatic carbocycles. The van der Waals surface area contributed by atoms with Gasteiger partial charge in [0.1, 0.15) is 5.78 Å². The van der Waals surface area contributed by atoms with E-state index in [1.807, 2.05) is 17.0 Å². The molecule has 0 aromatic heterocycles. The molecule has 1 saturated heterocycles. The molecule has 4 nitrogen and oxygen atoms in total. The van der Waals surface area contributed by atoms with Crippen molar-refractivity contribution in [2.45, 2.75) is 32.2 Å². The van der Waals surface area contributed by atoms with Gasteiger partial charge in [-0.05, 0) is 31.0 Å². The lowest BCUT2D eigenvalue weighted by molar-refractivity contribution is -0.127. The first kappa shape index (κ1) is 16.0. The van der Waals surface area contributed by atoms with Crippen LogP contribution in [0.5, 0.6) is 0 Å². The third-order valence-electron chi connectivity index (χ3n) is 4.01. The lowest BCUT2D eigenvalue weighted by atomic mass is 9.95. The molecule has 0 unspecified atom stereocenters. The van der Waals surface area contributed by atoms with E-state index in [-0.39, 0.29) is 23.7 Å². The predicted octanol–water partition coefficient (Wildman–Crippen LogP) is 2.22. The zero-order valence-electron chi connectivity index (χ0n) is 12.4. The fourth-order valence-electron chi connectivity index (χ4n) is 2.69. The van der Waals surface area contributed by atoms with E-state index < -0.39 is 0 Å². The van der Waals surface area contributed by atoms with E-state index in [1.165, 1.54) is 0 Å². The molecule has 1 aromatic rings. The van der Waals surface area contributed by atoms with Crippen molar-refractivity contribution in [2.24, 2.45) is 0 Å². The summed E-state index contributed by atoms with van der Waals surface area (Å²) >= 11 is 5.88. The molecule has 1 amide bonds. The van der Waals surface area contributed by atoms with Crippen molar-refractivity contribution < 1.29 is 9.59 Å². The van der Waals surface area contributed by atoms with Gasteiger partial charge in [-0.25, -0.2) is 0 Å². The highest BCUT2D eigenvalue weighted by atomic mass is 35.5. The smallest absolute Gasteiger partial charge is 0.219 e. The number of benzene rings is 1. The molecule has 0 saturated carbocycles. The number of nitrogens with one attached hydrogen (secondary N) is 1. The van der Waals surface area contributed by atoms with Crippen LogP contribution in [0.3, 0.4) is 0 Å². The average molecular weight is 309 g/mol. The van der Waals surface area contributed by atoms with Crippen molar-refractivity contribution in [3.05, 3.63) is 34.9 Å². The summed E-state index contributed by atoms with van der Waals surface area (Å²) in [4.78, 5) is 25.0. The van der Waals surface area contributed by atoms with Crippen LogP contribution < -0.4 is 5.32 Å². The SMILES string of the molecule is CC(=O)[C@H](CN[C@@H]1CCN(C(C)=O)C1)c1ccc(Cl)cc1. The third kappa shape index (κ3) is 4.29. The maximum Gasteiger partial charge on any atom is 0.219 e. The second-order valence-electron chi connectivity index (χ2n) is 5.57. The zero-order chi connectivity index (χ0) is 15.4. The summed E-state index contributed by atoms with van der Waals surface area (Å²) in [6.45, 7) is 5.30. The number of hydrogen-bond donors (Lipinski definition) is 1. The van der Waals surface area contributed by atoms with Crippen molar-refractivity contribution in [1.82, 2.24) is 10.2 Å². The third-order valence-corrected chi connectivity index (χ3v) is 4.26. The highest BCUT2D eigenvalue weighted by molar-refractivity contribution is 6.30. The molecule has 1 aliphatic heterocycles. The number of ketones is 1. The van der Waals surface area contributed by atoms with Gasteiger partial charge in [0.2, 0.25) is 5.91 Å². The summed E-state index contributed by atoms with van der Waals surface area (Å²) in [6.07, 6.45) is 0.935. The second kappa shape index (κ2) is 7.05. The number of rotatable bonds is 5. The first-order valence-electron chi connectivity index (χ1n) is 7.22. The molecular formula is C16H21ClN2O2. The minimum atomic E-state index is -0.173. The zero-order valence-corrected chi connectivity index (χ0v) is 13.2. The van der Waals surface area contributed by atoms with E-state index in [0.29, 0.717) is 11.6 Å². The summed E-state index contributed by atoms with van der Waals surface area (Å²) in [5.41, 5.74) is 0.973. The van der Waals surface area contributed by atoms with Crippen LogP contribution in [0.4, 0.5) is 0 Å². The number of carbonyl (C=O) groups is 2. The molecule has 2 atom stereocenters. The van der Waals surface area contributed by atoms with Gasteiger partial charge >= 0.3 is 0 Å². The number of hydrogen-bond acceptors (Lipinski definition) is 3. The van der Waals surface area contributed by atoms with E-state index in [9.17, 15) is 9.59 Å². The normalized spacial score (nSPS) is 19.6. The van der Waals surface area contributed by atoms with Gasteiger partial charge in [-0.1, -0.05) is 23.7 Å². The van der Waals surface area contributed by atoms with Crippen molar-refractivity contribution in [3.63, 3.8) is 0 Å². The van der Waals surface area contributed by atoms with Crippen LogP contribution in [0.25, 0.3) is 0 Å². The van der Waals surface area contributed by atoms with Crippen LogP contribution in [0.2, 0.25) is 5.02 Å². The monoisotopic (exact) mass is 308 g/mol. The summed E-state index contributed by atoms with van der Waals surface area (Å²) < 4.78 is 0. The Balaban J connectivity index is 1.94. The summed E-state index contributed by atoms with van der Waals surface area (Å²) in [5.74, 6) is 0.0695. The molecule has 5 heteroatoms. The van der Waals surface area contributed by atoms with Crippen molar-refractivity contribution in [2.75, 3.05) is 19.6 Å². The van der Waals surface area contributed by atoms with E-state index in [4.69, 9.17) is 11.6 Å². The van der Waals surface area contributed by atoms with Gasteiger partial charge < -0.3 is 10.2 Å². The number of nitrogens with zero attached hydrogens (tertiary/aromatic N) is 1. The Morgan fingerprint density at radius 1 is 1.33 bits per heavy atom. The molecule has 21 heavy (non-hydrogen) atoms. The number of amides is 1. The number of Topliss-reactive ketones (excluding diaryl/α,β-unsaturated/α-hetero) is 1. The fraction of sp³-hybridized carbons (Fsp3) is 0.500. The standard InChI is InChI=1S/C16H21ClN2O2/c1-11(20)16(13-3-5-14(17)6-4-13)9-18-15-7-8-19(10-15)12(2)21/h3-6,15-16,18H,7-10H2,1-2H3/t15-,16+/m1/s1. The lowest BCUT2D eigenvalue weighted by Crippen LogP contribution is -2.37. The largest absolute Gasteiger partial charge is 0.341 e. The Labute approximate surface area is 130 Å². The van der Waals surface area contributed by atoms with Gasteiger partial charge in [0.15, 0.2) is 0 Å². The molecule has 1 heterocycles. The molecular weight excluding hydrogens is 288 g/mol. The van der Waals surface area contributed by atoms with Gasteiger partial charge in [-0.2, -0.15) is 0 Å². The van der Waals surface area contributed by atoms with E-state index in [2.05, 4.69) is 5.32 Å². The van der Waals surface area contributed by atoms with Gasteiger partial charge in [0.25, 0.3) is 0 Å². The fourth-order valence-corrected chi connectivity index (χ4v) is 2.81. The van der Waals surface area contributed by atoms with Gasteiger partial charge in [-0.15, -0.1) is 0 Å². The van der Waals surface area contributed by atoms with Crippen LogP contribution >= 0.6 is 11.6 Å². The quantitative estimate of drug-likeness (QED) is 0.907. The maximum absolute atomic E-state index is 11.9. The number of halogens is 1. The first-order chi connectivity index (χ1) is 9.97. The molecule has 0 spiro atoms. The lowest BCUT2D eigenvalue weighted by Gasteiger charge is -2.19. The first-order valence-corrected chi connectivity index (χ1v) is 7.60. The molecule has 0 bridgehead atoms. The number of likely N-dealkylation sites (tertiary alicyclic amines) is 1. The van der Waals surface area contributed by atoms with Crippen LogP contribution in [0, 0.1) is 0 Å². The Bertz CT molecular complexity index is 516. The van der Waals surface area contributed by atoms with E-state index in [1.54, 1.807) is 26.0 Å². The molecule has 0 aliphatic carbocycles. The van der Waals surface area contributed by atoms with Crippen LogP contribution in [-0.4, -0.2) is 42.3 Å². The average Bonchev–Trinajstić information content (AvgIpc) is 2.90. The van der Waals surface area contributed by atoms with E-state index >= 15 is 0 Å². The molecule has 2 rings (SSSR count). The van der Waals surface area contributed by atoms with Crippen LogP contribution in [-0.2, 0) is 9.59 Å². The molecule has 1 fully saturated rings. The van der Waals surface area contributed by atoms with Gasteiger partial charge in [-0.3, -0.25) is 9.59 Å². The Morgan fingerprint density at radius 3 is 2.52 bits per heavy atom. The van der Waals surface area contributed by atoms with Crippen molar-refractivity contribution in [1.29, 1.82) is 0 Å². The van der Waals surface area contributed by atoms with E-state index in [0.717, 1.165) is 25.1 Å². The maximum atomic E-state index is 11.9. The Morgan fingerprint density at radius 2 is 2.00 bits per heavy atom. The molecule has 114 valence electrons. The number of carbonyl (C=O) groups excluding carboxylic acids is 2. The topological polar surface area (TPSA) is 49.4 Å². The Hall–Kier alpha value is -1.39. The van der Waals surface area contributed by atoms with Crippen molar-refractivity contribution in [3.8, 4) is 0 Å². The van der Waals surface area contributed by atoms with Crippen LogP contribution in [0.15, 0.2) is 24.3 Å². The Kier molecular flexibility index (Phi) is 5.37.